The van der Waals surface area contributed by atoms with Gasteiger partial charge in [-0.1, -0.05) is 13.0 Å². The number of carboxylic acids is 1. The molecule has 0 aromatic carbocycles. The molecule has 0 saturated heterocycles. The van der Waals surface area contributed by atoms with Crippen molar-refractivity contribution in [2.24, 2.45) is 0 Å². The number of aliphatic carboxylic acids is 1. The largest absolute Gasteiger partial charge is 0.481 e. The maximum absolute atomic E-state index is 9.37. The molecule has 0 aliphatic rings. The molecule has 0 aromatic rings. The highest BCUT2D eigenvalue weighted by atomic mass is 16.4. The molecule has 0 aliphatic carbocycles. The number of ether oxygens (including phenoxy) is 1. The molecule has 0 unspecified atom stereocenters. The van der Waals surface area contributed by atoms with Crippen LogP contribution in [0.2, 0.25) is 0 Å². The smallest absolute Gasteiger partial charge is 0.303 e. The first-order valence-corrected chi connectivity index (χ1v) is 3.29. The van der Waals surface area contributed by atoms with Crippen LogP contribution in [-0.4, -0.2) is 25.3 Å². The summed E-state index contributed by atoms with van der Waals surface area (Å²) in [6, 6.07) is 0. The maximum Gasteiger partial charge on any atom is 0.303 e. The fraction of sp³-hybridized carbons (Fsp3) is 0.625. The van der Waals surface area contributed by atoms with Crippen LogP contribution in [0.3, 0.4) is 0 Å². The summed E-state index contributed by atoms with van der Waals surface area (Å²) < 4.78 is 4.25. The van der Waals surface area contributed by atoms with Crippen molar-refractivity contribution in [3.8, 4) is 0 Å². The van der Waals surface area contributed by atoms with Gasteiger partial charge in [0, 0.05) is 20.6 Å². The zero-order valence-electron chi connectivity index (χ0n) is 7.76. The van der Waals surface area contributed by atoms with E-state index in [2.05, 4.69) is 11.3 Å². The highest BCUT2D eigenvalue weighted by Crippen LogP contribution is 1.67. The lowest BCUT2D eigenvalue weighted by molar-refractivity contribution is -0.136. The molecule has 11 heavy (non-hydrogen) atoms. The van der Waals surface area contributed by atoms with Gasteiger partial charge in [0.1, 0.15) is 0 Å². The van der Waals surface area contributed by atoms with Gasteiger partial charge in [-0.2, -0.15) is 0 Å². The number of carbonyl (C=O) groups is 1. The van der Waals surface area contributed by atoms with Crippen molar-refractivity contribution in [1.29, 1.82) is 0 Å². The highest BCUT2D eigenvalue weighted by Gasteiger charge is 1.80. The Labute approximate surface area is 68.7 Å². The van der Waals surface area contributed by atoms with Crippen LogP contribution in [0, 0.1) is 0 Å². The van der Waals surface area contributed by atoms with Crippen molar-refractivity contribution in [2.45, 2.75) is 20.3 Å². The minimum atomic E-state index is -0.745. The molecule has 0 heterocycles. The third-order valence-corrected chi connectivity index (χ3v) is 0.302. The van der Waals surface area contributed by atoms with E-state index >= 15 is 0 Å². The minimum Gasteiger partial charge on any atom is -0.481 e. The second-order valence-corrected chi connectivity index (χ2v) is 1.56. The van der Waals surface area contributed by atoms with Crippen LogP contribution >= 0.6 is 0 Å². The quantitative estimate of drug-likeness (QED) is 0.599. The summed E-state index contributed by atoms with van der Waals surface area (Å²) in [5.74, 6) is -0.745. The third kappa shape index (κ3) is 344. The molecule has 0 rings (SSSR count). The van der Waals surface area contributed by atoms with E-state index in [9.17, 15) is 4.79 Å². The van der Waals surface area contributed by atoms with E-state index < -0.39 is 5.97 Å². The van der Waals surface area contributed by atoms with Crippen LogP contribution in [0.1, 0.15) is 20.3 Å². The Kier molecular flexibility index (Phi) is 34.6. The molecule has 0 saturated carbocycles. The Balaban J connectivity index is -0.0000000933. The van der Waals surface area contributed by atoms with Gasteiger partial charge in [0.15, 0.2) is 0 Å². The normalized spacial score (nSPS) is 6.18. The molecule has 0 amide bonds. The Morgan fingerprint density at radius 1 is 1.64 bits per heavy atom. The number of hydrogen-bond donors (Lipinski definition) is 1. The second kappa shape index (κ2) is 22.9. The maximum atomic E-state index is 9.37. The zero-order chi connectivity index (χ0) is 9.70. The van der Waals surface area contributed by atoms with Crippen molar-refractivity contribution >= 4 is 5.97 Å². The van der Waals surface area contributed by atoms with Crippen molar-refractivity contribution in [1.82, 2.24) is 0 Å². The molecule has 3 nitrogen and oxygen atoms in total. The molecule has 0 atom stereocenters. The summed E-state index contributed by atoms with van der Waals surface area (Å²) in [4.78, 5) is 9.37. The lowest BCUT2D eigenvalue weighted by Gasteiger charge is -1.71. The SMILES string of the molecule is C=CC.CCC(=O)O.COC. The topological polar surface area (TPSA) is 46.5 Å². The van der Waals surface area contributed by atoms with Crippen molar-refractivity contribution in [2.75, 3.05) is 14.2 Å². The average molecular weight is 162 g/mol. The van der Waals surface area contributed by atoms with E-state index in [4.69, 9.17) is 5.11 Å². The molecule has 0 radical (unpaired) electrons. The van der Waals surface area contributed by atoms with Gasteiger partial charge in [-0.25, -0.2) is 0 Å². The molecule has 0 aliphatic heterocycles. The van der Waals surface area contributed by atoms with Crippen LogP contribution in [0.25, 0.3) is 0 Å². The van der Waals surface area contributed by atoms with Crippen molar-refractivity contribution < 1.29 is 14.6 Å². The average Bonchev–Trinajstić information content (AvgIpc) is 1.91. The summed E-state index contributed by atoms with van der Waals surface area (Å²) in [6.45, 7) is 6.85. The van der Waals surface area contributed by atoms with E-state index in [1.165, 1.54) is 0 Å². The number of rotatable bonds is 1. The van der Waals surface area contributed by atoms with E-state index in [1.54, 1.807) is 27.2 Å². The van der Waals surface area contributed by atoms with Gasteiger partial charge >= 0.3 is 5.97 Å². The summed E-state index contributed by atoms with van der Waals surface area (Å²) >= 11 is 0. The van der Waals surface area contributed by atoms with Crippen molar-refractivity contribution in [3.63, 3.8) is 0 Å². The van der Waals surface area contributed by atoms with Gasteiger partial charge < -0.3 is 9.84 Å². The van der Waals surface area contributed by atoms with E-state index in [0.29, 0.717) is 0 Å². The number of carboxylic acid groups (broad SMARTS) is 1. The number of allylic oxidation sites excluding steroid dienone is 1. The summed E-state index contributed by atoms with van der Waals surface area (Å²) in [6.07, 6.45) is 1.97. The monoisotopic (exact) mass is 162 g/mol. The summed E-state index contributed by atoms with van der Waals surface area (Å²) in [7, 11) is 3.25. The van der Waals surface area contributed by atoms with Gasteiger partial charge in [0.05, 0.1) is 0 Å². The van der Waals surface area contributed by atoms with Gasteiger partial charge in [-0.15, -0.1) is 6.58 Å². The van der Waals surface area contributed by atoms with Crippen LogP contribution in [0.4, 0.5) is 0 Å². The fourth-order valence-electron chi connectivity index (χ4n) is 0. The third-order valence-electron chi connectivity index (χ3n) is 0.302. The molecule has 0 aromatic heterocycles. The second-order valence-electron chi connectivity index (χ2n) is 1.56. The first-order valence-electron chi connectivity index (χ1n) is 3.29. The Hall–Kier alpha value is -0.830. The number of methoxy groups -OCH3 is 1. The van der Waals surface area contributed by atoms with Gasteiger partial charge in [0.2, 0.25) is 0 Å². The molecule has 0 bridgehead atoms. The molecule has 1 N–H and O–H groups in total. The van der Waals surface area contributed by atoms with Gasteiger partial charge in [-0.3, -0.25) is 4.79 Å². The molecule has 68 valence electrons. The minimum absolute atomic E-state index is 0.222. The molecular weight excluding hydrogens is 144 g/mol. The van der Waals surface area contributed by atoms with Crippen LogP contribution < -0.4 is 0 Å². The zero-order valence-corrected chi connectivity index (χ0v) is 7.76. The Bertz CT molecular complexity index is 79.4. The van der Waals surface area contributed by atoms with Gasteiger partial charge in [-0.05, 0) is 6.92 Å². The molecule has 0 fully saturated rings. The standard InChI is InChI=1S/C3H6O2.C3H6.C2H6O/c1-2-3(4)5;2*1-3-2/h2H2,1H3,(H,4,5);3H,1H2,2H3;1-2H3. The molecular formula is C8H18O3. The summed E-state index contributed by atoms with van der Waals surface area (Å²) in [5.41, 5.74) is 0. The lowest BCUT2D eigenvalue weighted by Crippen LogP contribution is -1.86. The highest BCUT2D eigenvalue weighted by molar-refractivity contribution is 5.66. The predicted octanol–water partition coefficient (Wildman–Crippen LogP) is 1.94. The van der Waals surface area contributed by atoms with E-state index in [1.807, 2.05) is 6.92 Å². The predicted molar refractivity (Wildman–Crippen MR) is 46.7 cm³/mol. The van der Waals surface area contributed by atoms with Crippen LogP contribution in [-0.2, 0) is 9.53 Å². The fourth-order valence-corrected chi connectivity index (χ4v) is 0. The first kappa shape index (κ1) is 16.6. The van der Waals surface area contributed by atoms with E-state index in [0.717, 1.165) is 0 Å². The van der Waals surface area contributed by atoms with Crippen LogP contribution in [0.5, 0.6) is 0 Å². The summed E-state index contributed by atoms with van der Waals surface area (Å²) in [5, 5.41) is 7.72. The van der Waals surface area contributed by atoms with E-state index in [-0.39, 0.29) is 6.42 Å². The number of hydrogen-bond acceptors (Lipinski definition) is 2. The molecule has 0 spiro atoms. The Morgan fingerprint density at radius 2 is 1.73 bits per heavy atom. The van der Waals surface area contributed by atoms with Crippen molar-refractivity contribution in [3.05, 3.63) is 12.7 Å². The van der Waals surface area contributed by atoms with Crippen LogP contribution in [0.15, 0.2) is 12.7 Å². The Morgan fingerprint density at radius 3 is 1.73 bits per heavy atom. The van der Waals surface area contributed by atoms with Gasteiger partial charge in [0.25, 0.3) is 0 Å². The lowest BCUT2D eigenvalue weighted by atomic mass is 10.5. The first-order chi connectivity index (χ1) is 5.10. The molecule has 3 heteroatoms.